The predicted molar refractivity (Wildman–Crippen MR) is 80.1 cm³/mol. The fourth-order valence-corrected chi connectivity index (χ4v) is 2.37. The van der Waals surface area contributed by atoms with Gasteiger partial charge in [-0.2, -0.15) is 0 Å². The molecule has 1 aliphatic rings. The number of carbonyl (C=O) groups excluding carboxylic acids is 1. The fraction of sp³-hybridized carbons (Fsp3) is 0.294. The lowest BCUT2D eigenvalue weighted by molar-refractivity contribution is 0.0723. The second kappa shape index (κ2) is 6.13. The first-order chi connectivity index (χ1) is 10.7. The Labute approximate surface area is 128 Å². The van der Waals surface area contributed by atoms with Crippen LogP contribution in [0.25, 0.3) is 0 Å². The summed E-state index contributed by atoms with van der Waals surface area (Å²) in [6.07, 6.45) is 3.60. The van der Waals surface area contributed by atoms with Gasteiger partial charge in [0, 0.05) is 18.3 Å². The minimum atomic E-state index is -0.559. The van der Waals surface area contributed by atoms with Crippen LogP contribution in [0.5, 0.6) is 5.75 Å². The third kappa shape index (κ3) is 3.08. The number of halogens is 1. The van der Waals surface area contributed by atoms with Crippen LogP contribution in [0.2, 0.25) is 0 Å². The molecule has 0 radical (unpaired) electrons. The van der Waals surface area contributed by atoms with E-state index in [1.54, 1.807) is 17.2 Å². The Morgan fingerprint density at radius 1 is 1.36 bits per heavy atom. The maximum absolute atomic E-state index is 14.1. The molecule has 5 heteroatoms. The summed E-state index contributed by atoms with van der Waals surface area (Å²) in [5, 5.41) is 0. The number of methoxy groups -OCH3 is 1. The largest absolute Gasteiger partial charge is 0.497 e. The van der Waals surface area contributed by atoms with Gasteiger partial charge in [0.2, 0.25) is 0 Å². The van der Waals surface area contributed by atoms with Gasteiger partial charge in [-0.15, -0.1) is 0 Å². The number of hydrogen-bond acceptors (Lipinski definition) is 3. The van der Waals surface area contributed by atoms with Crippen LogP contribution in [0.4, 0.5) is 4.39 Å². The van der Waals surface area contributed by atoms with Crippen molar-refractivity contribution in [1.29, 1.82) is 0 Å². The van der Waals surface area contributed by atoms with Crippen molar-refractivity contribution in [3.05, 3.63) is 59.7 Å². The van der Waals surface area contributed by atoms with Crippen molar-refractivity contribution in [3.63, 3.8) is 0 Å². The highest BCUT2D eigenvalue weighted by Crippen LogP contribution is 2.30. The molecular formula is C17H17FN2O2. The van der Waals surface area contributed by atoms with Crippen LogP contribution in [0.3, 0.4) is 0 Å². The van der Waals surface area contributed by atoms with Gasteiger partial charge in [-0.3, -0.25) is 9.78 Å². The summed E-state index contributed by atoms with van der Waals surface area (Å²) >= 11 is 0. The van der Waals surface area contributed by atoms with Gasteiger partial charge >= 0.3 is 0 Å². The molecule has 1 aromatic carbocycles. The van der Waals surface area contributed by atoms with Gasteiger partial charge in [0.15, 0.2) is 0 Å². The van der Waals surface area contributed by atoms with Crippen molar-refractivity contribution in [1.82, 2.24) is 9.88 Å². The molecule has 3 rings (SSSR count). The second-order valence-electron chi connectivity index (χ2n) is 5.33. The van der Waals surface area contributed by atoms with Gasteiger partial charge < -0.3 is 9.64 Å². The first-order valence-corrected chi connectivity index (χ1v) is 7.23. The number of ether oxygens (including phenoxy) is 1. The third-order valence-corrected chi connectivity index (χ3v) is 3.71. The Balaban J connectivity index is 1.84. The van der Waals surface area contributed by atoms with Crippen molar-refractivity contribution >= 4 is 5.91 Å². The van der Waals surface area contributed by atoms with Crippen molar-refractivity contribution in [2.75, 3.05) is 7.11 Å². The molecule has 2 aromatic rings. The van der Waals surface area contributed by atoms with Gasteiger partial charge in [0.25, 0.3) is 5.91 Å². The monoisotopic (exact) mass is 300 g/mol. The number of pyridine rings is 1. The zero-order chi connectivity index (χ0) is 15.5. The third-order valence-electron chi connectivity index (χ3n) is 3.71. The smallest absolute Gasteiger partial charge is 0.257 e. The number of aromatic nitrogens is 1. The first kappa shape index (κ1) is 14.5. The minimum Gasteiger partial charge on any atom is -0.497 e. The predicted octanol–water partition coefficient (Wildman–Crippen LogP) is 3.03. The molecule has 4 nitrogen and oxygen atoms in total. The fourth-order valence-electron chi connectivity index (χ4n) is 2.37. The lowest BCUT2D eigenvalue weighted by Gasteiger charge is -2.22. The maximum atomic E-state index is 14.1. The number of rotatable bonds is 5. The van der Waals surface area contributed by atoms with E-state index in [0.717, 1.165) is 18.5 Å². The normalized spacial score (nSPS) is 13.7. The van der Waals surface area contributed by atoms with Crippen molar-refractivity contribution in [3.8, 4) is 5.75 Å². The molecule has 0 spiro atoms. The number of amides is 1. The van der Waals surface area contributed by atoms with E-state index in [9.17, 15) is 9.18 Å². The summed E-state index contributed by atoms with van der Waals surface area (Å²) in [7, 11) is 1.47. The Morgan fingerprint density at radius 3 is 2.77 bits per heavy atom. The van der Waals surface area contributed by atoms with E-state index in [0.29, 0.717) is 12.3 Å². The highest BCUT2D eigenvalue weighted by atomic mass is 19.1. The molecule has 1 aliphatic carbocycles. The molecule has 0 atom stereocenters. The average molecular weight is 300 g/mol. The van der Waals surface area contributed by atoms with E-state index < -0.39 is 5.82 Å². The lowest BCUT2D eigenvalue weighted by Crippen LogP contribution is -2.33. The van der Waals surface area contributed by atoms with E-state index >= 15 is 0 Å². The van der Waals surface area contributed by atoms with Gasteiger partial charge in [-0.05, 0) is 37.1 Å². The molecule has 0 N–H and O–H groups in total. The molecular weight excluding hydrogens is 283 g/mol. The van der Waals surface area contributed by atoms with Crippen LogP contribution in [-0.2, 0) is 6.54 Å². The number of benzene rings is 1. The summed E-state index contributed by atoms with van der Waals surface area (Å²) in [4.78, 5) is 18.6. The Kier molecular flexibility index (Phi) is 4.04. The van der Waals surface area contributed by atoms with Crippen LogP contribution in [0.1, 0.15) is 28.9 Å². The molecule has 1 heterocycles. The lowest BCUT2D eigenvalue weighted by atomic mass is 10.1. The molecule has 1 saturated carbocycles. The number of carbonyl (C=O) groups is 1. The summed E-state index contributed by atoms with van der Waals surface area (Å²) < 4.78 is 19.1. The van der Waals surface area contributed by atoms with Crippen LogP contribution in [0.15, 0.2) is 42.6 Å². The molecule has 0 aliphatic heterocycles. The first-order valence-electron chi connectivity index (χ1n) is 7.23. The average Bonchev–Trinajstić information content (AvgIpc) is 3.37. The quantitative estimate of drug-likeness (QED) is 0.852. The SMILES string of the molecule is COc1ccc(C(=O)N(Cc2ccccn2)C2CC2)c(F)c1. The number of hydrogen-bond donors (Lipinski definition) is 0. The maximum Gasteiger partial charge on any atom is 0.257 e. The Hall–Kier alpha value is -2.43. The second-order valence-corrected chi connectivity index (χ2v) is 5.33. The zero-order valence-electron chi connectivity index (χ0n) is 12.3. The minimum absolute atomic E-state index is 0.0728. The summed E-state index contributed by atoms with van der Waals surface area (Å²) in [6.45, 7) is 0.399. The van der Waals surface area contributed by atoms with Crippen LogP contribution >= 0.6 is 0 Å². The Bertz CT molecular complexity index is 672. The molecule has 1 aromatic heterocycles. The summed E-state index contributed by atoms with van der Waals surface area (Å²) in [5.74, 6) is -0.457. The van der Waals surface area contributed by atoms with E-state index in [4.69, 9.17) is 4.74 Å². The molecule has 0 bridgehead atoms. The molecule has 0 unspecified atom stereocenters. The van der Waals surface area contributed by atoms with Crippen LogP contribution in [0, 0.1) is 5.82 Å². The van der Waals surface area contributed by atoms with Gasteiger partial charge in [-0.1, -0.05) is 6.07 Å². The molecule has 114 valence electrons. The van der Waals surface area contributed by atoms with Crippen LogP contribution in [-0.4, -0.2) is 28.9 Å². The van der Waals surface area contributed by atoms with Crippen molar-refractivity contribution in [2.45, 2.75) is 25.4 Å². The zero-order valence-corrected chi connectivity index (χ0v) is 12.3. The van der Waals surface area contributed by atoms with E-state index in [2.05, 4.69) is 4.98 Å². The Morgan fingerprint density at radius 2 is 2.18 bits per heavy atom. The topological polar surface area (TPSA) is 42.4 Å². The molecule has 1 amide bonds. The highest BCUT2D eigenvalue weighted by molar-refractivity contribution is 5.95. The van der Waals surface area contributed by atoms with E-state index in [1.807, 2.05) is 18.2 Å². The molecule has 22 heavy (non-hydrogen) atoms. The van der Waals surface area contributed by atoms with E-state index in [1.165, 1.54) is 19.2 Å². The van der Waals surface area contributed by atoms with Gasteiger partial charge in [0.05, 0.1) is 24.9 Å². The van der Waals surface area contributed by atoms with Crippen molar-refractivity contribution < 1.29 is 13.9 Å². The molecule has 0 saturated heterocycles. The summed E-state index contributed by atoms with van der Waals surface area (Å²) in [5.41, 5.74) is 0.875. The van der Waals surface area contributed by atoms with Crippen LogP contribution < -0.4 is 4.74 Å². The standard InChI is InChI=1S/C17H17FN2O2/c1-22-14-7-8-15(16(18)10-14)17(21)20(13-5-6-13)11-12-4-2-3-9-19-12/h2-4,7-10,13H,5-6,11H2,1H3. The highest BCUT2D eigenvalue weighted by Gasteiger charge is 2.34. The summed E-state index contributed by atoms with van der Waals surface area (Å²) in [6, 6.07) is 10.1. The number of nitrogens with zero attached hydrogens (tertiary/aromatic N) is 2. The molecule has 1 fully saturated rings. The van der Waals surface area contributed by atoms with Gasteiger partial charge in [-0.25, -0.2) is 4.39 Å². The van der Waals surface area contributed by atoms with E-state index in [-0.39, 0.29) is 17.5 Å². The van der Waals surface area contributed by atoms with Gasteiger partial charge in [0.1, 0.15) is 11.6 Å². The van der Waals surface area contributed by atoms with Crippen molar-refractivity contribution in [2.24, 2.45) is 0 Å².